The van der Waals surface area contributed by atoms with Gasteiger partial charge in [0.15, 0.2) is 0 Å². The van der Waals surface area contributed by atoms with Gasteiger partial charge in [0.2, 0.25) is 0 Å². The first-order valence-electron chi connectivity index (χ1n) is 9.96. The number of oxime groups is 1. The van der Waals surface area contributed by atoms with Crippen molar-refractivity contribution in [1.82, 2.24) is 9.03 Å². The van der Waals surface area contributed by atoms with E-state index in [1.807, 2.05) is 20.8 Å². The second kappa shape index (κ2) is 12.2. The summed E-state index contributed by atoms with van der Waals surface area (Å²) in [6.45, 7) is 10.8. The molecule has 26 heavy (non-hydrogen) atoms. The minimum atomic E-state index is 0.618. The summed E-state index contributed by atoms with van der Waals surface area (Å²) in [6, 6.07) is 6.33. The van der Waals surface area contributed by atoms with Crippen LogP contribution in [0.15, 0.2) is 23.4 Å². The molecule has 1 heterocycles. The second-order valence-electron chi connectivity index (χ2n) is 6.10. The van der Waals surface area contributed by atoms with Crippen LogP contribution in [-0.4, -0.2) is 42.9 Å². The number of nitrogens with zero attached hydrogens (tertiary/aromatic N) is 2. The molecule has 1 fully saturated rings. The number of fused-ring (bicyclic) bond motifs is 1. The van der Waals surface area contributed by atoms with Crippen LogP contribution in [0.1, 0.15) is 57.6 Å². The van der Waals surface area contributed by atoms with Crippen molar-refractivity contribution in [2.45, 2.75) is 52.9 Å². The van der Waals surface area contributed by atoms with Crippen LogP contribution < -0.4 is 9.46 Å². The van der Waals surface area contributed by atoms with Crippen LogP contribution in [0.2, 0.25) is 0 Å². The lowest BCUT2D eigenvalue weighted by molar-refractivity contribution is 0.158. The molecule has 6 heteroatoms. The summed E-state index contributed by atoms with van der Waals surface area (Å²) >= 11 is 1.75. The Labute approximate surface area is 162 Å². The van der Waals surface area contributed by atoms with Crippen LogP contribution in [0.5, 0.6) is 5.75 Å². The van der Waals surface area contributed by atoms with Crippen LogP contribution in [0.4, 0.5) is 0 Å². The van der Waals surface area contributed by atoms with Crippen molar-refractivity contribution in [3.63, 3.8) is 0 Å². The molecule has 1 aliphatic heterocycles. The van der Waals surface area contributed by atoms with E-state index in [-0.39, 0.29) is 0 Å². The van der Waals surface area contributed by atoms with Crippen LogP contribution in [-0.2, 0) is 11.3 Å². The fraction of sp³-hybridized carbons (Fsp3) is 0.650. The minimum absolute atomic E-state index is 0.618. The maximum Gasteiger partial charge on any atom is 0.119 e. The van der Waals surface area contributed by atoms with E-state index < -0.39 is 0 Å². The van der Waals surface area contributed by atoms with Gasteiger partial charge in [0.05, 0.1) is 12.3 Å². The molecule has 0 spiro atoms. The number of benzene rings is 1. The molecule has 0 radical (unpaired) electrons. The Hall–Kier alpha value is -1.24. The van der Waals surface area contributed by atoms with Crippen LogP contribution in [0.25, 0.3) is 0 Å². The number of unbranched alkanes of at least 4 members (excludes halogenated alkanes) is 2. The zero-order valence-corrected chi connectivity index (χ0v) is 17.2. The van der Waals surface area contributed by atoms with Gasteiger partial charge in [-0.15, -0.1) is 0 Å². The van der Waals surface area contributed by atoms with Gasteiger partial charge in [0.1, 0.15) is 12.4 Å². The van der Waals surface area contributed by atoms with Gasteiger partial charge >= 0.3 is 0 Å². The molecule has 3 rings (SSSR count). The predicted octanol–water partition coefficient (Wildman–Crippen LogP) is 4.42. The van der Waals surface area contributed by atoms with Crippen molar-refractivity contribution in [3.05, 3.63) is 29.3 Å². The van der Waals surface area contributed by atoms with Gasteiger partial charge in [-0.1, -0.05) is 19.0 Å². The number of rotatable bonds is 9. The van der Waals surface area contributed by atoms with E-state index in [1.165, 1.54) is 30.5 Å². The van der Waals surface area contributed by atoms with Gasteiger partial charge in [0.25, 0.3) is 0 Å². The maximum absolute atomic E-state index is 5.92. The zero-order valence-electron chi connectivity index (χ0n) is 16.4. The summed E-state index contributed by atoms with van der Waals surface area (Å²) in [5.74, 6) is 0.978. The Morgan fingerprint density at radius 3 is 2.85 bits per heavy atom. The van der Waals surface area contributed by atoms with Crippen molar-refractivity contribution < 1.29 is 9.57 Å². The summed E-state index contributed by atoms with van der Waals surface area (Å²) in [5.41, 5.74) is 3.60. The topological polar surface area (TPSA) is 46.1 Å². The summed E-state index contributed by atoms with van der Waals surface area (Å²) in [6.07, 6.45) is 5.55. The molecule has 0 unspecified atom stereocenters. The van der Waals surface area contributed by atoms with Gasteiger partial charge in [-0.2, -0.15) is 0 Å². The number of hydrogen-bond donors (Lipinski definition) is 1. The quantitative estimate of drug-likeness (QED) is 0.391. The molecule has 1 aliphatic carbocycles. The smallest absolute Gasteiger partial charge is 0.119 e. The first-order chi connectivity index (χ1) is 12.9. The molecular weight excluding hydrogens is 346 g/mol. The van der Waals surface area contributed by atoms with Gasteiger partial charge < -0.3 is 9.57 Å². The van der Waals surface area contributed by atoms with Crippen molar-refractivity contribution in [2.24, 2.45) is 5.16 Å². The van der Waals surface area contributed by atoms with Crippen molar-refractivity contribution >= 4 is 17.8 Å². The Morgan fingerprint density at radius 2 is 2.08 bits per heavy atom. The number of aryl methyl sites for hydroxylation is 1. The van der Waals surface area contributed by atoms with Crippen LogP contribution in [0, 0.1) is 0 Å². The molecule has 1 aromatic carbocycles. The molecule has 1 saturated heterocycles. The minimum Gasteiger partial charge on any atom is -0.494 e. The largest absolute Gasteiger partial charge is 0.494 e. The molecular formula is C20H33N3O2S. The highest BCUT2D eigenvalue weighted by atomic mass is 32.2. The summed E-state index contributed by atoms with van der Waals surface area (Å²) in [5, 5.41) is 4.21. The summed E-state index contributed by atoms with van der Waals surface area (Å²) in [7, 11) is 0. The van der Waals surface area contributed by atoms with Crippen molar-refractivity contribution in [3.8, 4) is 5.75 Å². The van der Waals surface area contributed by atoms with E-state index in [0.29, 0.717) is 6.61 Å². The average Bonchev–Trinajstić information content (AvgIpc) is 3.34. The SMILES string of the molecule is CC.CCO/N=C1\CCc2cc(OCCCCCN3CCNS3)ccc21. The van der Waals surface area contributed by atoms with Gasteiger partial charge in [-0.3, -0.25) is 0 Å². The highest BCUT2D eigenvalue weighted by Gasteiger charge is 2.19. The highest BCUT2D eigenvalue weighted by Crippen LogP contribution is 2.27. The number of nitrogens with one attached hydrogen (secondary N) is 1. The lowest BCUT2D eigenvalue weighted by atomic mass is 10.1. The van der Waals surface area contributed by atoms with E-state index in [4.69, 9.17) is 9.57 Å². The fourth-order valence-corrected chi connectivity index (χ4v) is 3.81. The first-order valence-corrected chi connectivity index (χ1v) is 10.7. The Balaban J connectivity index is 0.00000117. The molecule has 146 valence electrons. The Kier molecular flexibility index (Phi) is 9.89. The van der Waals surface area contributed by atoms with Gasteiger partial charge in [-0.25, -0.2) is 9.03 Å². The Bertz CT molecular complexity index is 560. The number of ether oxygens (including phenoxy) is 1. The van der Waals surface area contributed by atoms with Gasteiger partial charge in [-0.05, 0) is 62.8 Å². The fourth-order valence-electron chi connectivity index (χ4n) is 3.04. The average molecular weight is 380 g/mol. The molecule has 0 amide bonds. The molecule has 0 saturated carbocycles. The molecule has 0 atom stereocenters. The Morgan fingerprint density at radius 1 is 1.19 bits per heavy atom. The van der Waals surface area contributed by atoms with Gasteiger partial charge in [0, 0.05) is 37.3 Å². The molecule has 1 aromatic rings. The molecule has 1 N–H and O–H groups in total. The lowest BCUT2D eigenvalue weighted by Gasteiger charge is -2.12. The first kappa shape index (κ1) is 21.1. The van der Waals surface area contributed by atoms with E-state index >= 15 is 0 Å². The summed E-state index contributed by atoms with van der Waals surface area (Å²) < 4.78 is 11.6. The van der Waals surface area contributed by atoms with E-state index in [1.54, 1.807) is 12.1 Å². The van der Waals surface area contributed by atoms with Crippen molar-refractivity contribution in [1.29, 1.82) is 0 Å². The summed E-state index contributed by atoms with van der Waals surface area (Å²) in [4.78, 5) is 5.19. The standard InChI is InChI=1S/C18H27N3O2S.C2H6/c1-2-23-20-18-9-6-15-14-16(7-8-17(15)18)22-13-5-3-4-11-21-12-10-19-24-21;1-2/h7-8,14,19H,2-6,9-13H2,1H3;1-2H3/b20-18+;. The van der Waals surface area contributed by atoms with E-state index in [0.717, 1.165) is 50.4 Å². The predicted molar refractivity (Wildman–Crippen MR) is 111 cm³/mol. The zero-order chi connectivity index (χ0) is 18.6. The highest BCUT2D eigenvalue weighted by molar-refractivity contribution is 7.95. The van der Waals surface area contributed by atoms with Crippen LogP contribution in [0.3, 0.4) is 0 Å². The van der Waals surface area contributed by atoms with E-state index in [2.05, 4.69) is 32.4 Å². The monoisotopic (exact) mass is 379 g/mol. The molecule has 2 aliphatic rings. The molecule has 5 nitrogen and oxygen atoms in total. The normalized spacial score (nSPS) is 17.7. The molecule has 0 bridgehead atoms. The lowest BCUT2D eigenvalue weighted by Crippen LogP contribution is -2.14. The third kappa shape index (κ3) is 6.49. The molecule has 0 aromatic heterocycles. The maximum atomic E-state index is 5.92. The van der Waals surface area contributed by atoms with E-state index in [9.17, 15) is 0 Å². The third-order valence-corrected chi connectivity index (χ3v) is 5.26. The van der Waals surface area contributed by atoms with Crippen molar-refractivity contribution in [2.75, 3.05) is 32.8 Å². The third-order valence-electron chi connectivity index (χ3n) is 4.30. The second-order valence-corrected chi connectivity index (χ2v) is 7.09. The van der Waals surface area contributed by atoms with Crippen LogP contribution >= 0.6 is 12.1 Å². The number of hydrogen-bond acceptors (Lipinski definition) is 6.